The fourth-order valence-corrected chi connectivity index (χ4v) is 1.42. The maximum atomic E-state index is 5.95. The maximum absolute atomic E-state index is 5.95. The molecule has 2 aromatic rings. The van der Waals surface area contributed by atoms with Gasteiger partial charge in [0.05, 0.1) is 11.4 Å². The predicted molar refractivity (Wildman–Crippen MR) is 53.6 cm³/mol. The zero-order chi connectivity index (χ0) is 10.1. The smallest absolute Gasteiger partial charge is 0.177 e. The van der Waals surface area contributed by atoms with E-state index in [0.717, 1.165) is 11.4 Å². The number of aromatic nitrogens is 4. The van der Waals surface area contributed by atoms with Crippen LogP contribution in [0.5, 0.6) is 0 Å². The first-order valence-electron chi connectivity index (χ1n) is 4.20. The van der Waals surface area contributed by atoms with Crippen LogP contribution < -0.4 is 0 Å². The minimum absolute atomic E-state index is 0.542. The highest BCUT2D eigenvalue weighted by molar-refractivity contribution is 6.29. The molecule has 0 atom stereocenters. The van der Waals surface area contributed by atoms with E-state index in [-0.39, 0.29) is 0 Å². The second-order valence-electron chi connectivity index (χ2n) is 3.05. The van der Waals surface area contributed by atoms with Crippen LogP contribution in [0.15, 0.2) is 18.2 Å². The van der Waals surface area contributed by atoms with Gasteiger partial charge in [-0.3, -0.25) is 0 Å². The third-order valence-corrected chi connectivity index (χ3v) is 2.06. The number of nitrogens with zero attached hydrogens (tertiary/aromatic N) is 4. The van der Waals surface area contributed by atoms with Crippen LogP contribution in [0.1, 0.15) is 11.4 Å². The Bertz CT molecular complexity index is 446. The summed E-state index contributed by atoms with van der Waals surface area (Å²) in [7, 11) is 0. The molecule has 0 radical (unpaired) electrons. The van der Waals surface area contributed by atoms with Gasteiger partial charge in [-0.15, -0.1) is 5.10 Å². The third kappa shape index (κ3) is 1.61. The first-order chi connectivity index (χ1) is 6.66. The highest BCUT2D eigenvalue weighted by atomic mass is 35.5. The highest BCUT2D eigenvalue weighted by Crippen LogP contribution is 2.14. The molecular formula is C9H9ClN4. The summed E-state index contributed by atoms with van der Waals surface area (Å²) in [5, 5.41) is 12.7. The number of halogens is 1. The molecule has 0 saturated heterocycles. The Kier molecular flexibility index (Phi) is 2.21. The molecule has 0 bridgehead atoms. The van der Waals surface area contributed by atoms with Gasteiger partial charge in [0.15, 0.2) is 5.82 Å². The summed E-state index contributed by atoms with van der Waals surface area (Å²) in [6.07, 6.45) is 0. The number of hydrogen-bond donors (Lipinski definition) is 0. The molecular weight excluding hydrogens is 200 g/mol. The first kappa shape index (κ1) is 9.15. The van der Waals surface area contributed by atoms with Gasteiger partial charge in [0.1, 0.15) is 5.15 Å². The monoisotopic (exact) mass is 208 g/mol. The lowest BCUT2D eigenvalue weighted by molar-refractivity contribution is 0.797. The van der Waals surface area contributed by atoms with Gasteiger partial charge < -0.3 is 0 Å². The van der Waals surface area contributed by atoms with Gasteiger partial charge >= 0.3 is 0 Å². The second-order valence-corrected chi connectivity index (χ2v) is 3.44. The summed E-state index contributed by atoms with van der Waals surface area (Å²) < 4.78 is 1.56. The molecule has 0 aliphatic carbocycles. The van der Waals surface area contributed by atoms with Crippen molar-refractivity contribution in [2.24, 2.45) is 0 Å². The van der Waals surface area contributed by atoms with E-state index in [2.05, 4.69) is 15.3 Å². The van der Waals surface area contributed by atoms with Crippen LogP contribution in [0.25, 0.3) is 5.82 Å². The van der Waals surface area contributed by atoms with Crippen molar-refractivity contribution in [3.05, 3.63) is 34.7 Å². The fraction of sp³-hybridized carbons (Fsp3) is 0.222. The Hall–Kier alpha value is -1.42. The number of rotatable bonds is 1. The molecule has 0 N–H and O–H groups in total. The molecule has 0 fully saturated rings. The molecule has 72 valence electrons. The van der Waals surface area contributed by atoms with E-state index in [1.54, 1.807) is 10.7 Å². The van der Waals surface area contributed by atoms with Crippen molar-refractivity contribution in [1.82, 2.24) is 20.0 Å². The zero-order valence-corrected chi connectivity index (χ0v) is 8.65. The Balaban J connectivity index is 2.49. The first-order valence-corrected chi connectivity index (χ1v) is 4.57. The summed E-state index contributed by atoms with van der Waals surface area (Å²) >= 11 is 5.95. The van der Waals surface area contributed by atoms with E-state index in [0.29, 0.717) is 11.0 Å². The van der Waals surface area contributed by atoms with E-state index >= 15 is 0 Å². The average Bonchev–Trinajstić information content (AvgIpc) is 2.47. The van der Waals surface area contributed by atoms with Gasteiger partial charge in [-0.1, -0.05) is 11.6 Å². The van der Waals surface area contributed by atoms with Crippen LogP contribution in [-0.2, 0) is 0 Å². The lowest BCUT2D eigenvalue weighted by Gasteiger charge is -2.00. The minimum Gasteiger partial charge on any atom is -0.202 e. The topological polar surface area (TPSA) is 43.6 Å². The molecule has 0 unspecified atom stereocenters. The second kappa shape index (κ2) is 3.38. The van der Waals surface area contributed by atoms with Gasteiger partial charge in [-0.2, -0.15) is 10.2 Å². The van der Waals surface area contributed by atoms with E-state index in [9.17, 15) is 0 Å². The SMILES string of the molecule is Cc1ccc(-n2nc(C)cc2Cl)nn1. The minimum atomic E-state index is 0.542. The molecule has 5 heteroatoms. The quantitative estimate of drug-likeness (QED) is 0.719. The normalized spacial score (nSPS) is 10.5. The summed E-state index contributed by atoms with van der Waals surface area (Å²) in [4.78, 5) is 0. The molecule has 2 aromatic heterocycles. The van der Waals surface area contributed by atoms with Crippen molar-refractivity contribution >= 4 is 11.6 Å². The zero-order valence-electron chi connectivity index (χ0n) is 7.90. The third-order valence-electron chi connectivity index (χ3n) is 1.79. The van der Waals surface area contributed by atoms with Crippen LogP contribution in [-0.4, -0.2) is 20.0 Å². The van der Waals surface area contributed by atoms with Crippen molar-refractivity contribution in [3.8, 4) is 5.82 Å². The number of hydrogen-bond acceptors (Lipinski definition) is 3. The van der Waals surface area contributed by atoms with E-state index in [4.69, 9.17) is 11.6 Å². The maximum Gasteiger partial charge on any atom is 0.177 e. The molecule has 0 aliphatic heterocycles. The van der Waals surface area contributed by atoms with Gasteiger partial charge in [-0.25, -0.2) is 4.68 Å². The Morgan fingerprint density at radius 1 is 1.14 bits per heavy atom. The standard InChI is InChI=1S/C9H9ClN4/c1-6-3-4-9(12-11-6)14-8(10)5-7(2)13-14/h3-5H,1-2H3. The average molecular weight is 209 g/mol. The Morgan fingerprint density at radius 2 is 1.93 bits per heavy atom. The molecule has 2 heterocycles. The van der Waals surface area contributed by atoms with Gasteiger partial charge in [0.2, 0.25) is 0 Å². The largest absolute Gasteiger partial charge is 0.202 e. The number of aryl methyl sites for hydroxylation is 2. The summed E-state index contributed by atoms with van der Waals surface area (Å²) in [5.74, 6) is 0.633. The van der Waals surface area contributed by atoms with E-state index < -0.39 is 0 Å². The Morgan fingerprint density at radius 3 is 2.43 bits per heavy atom. The Labute approximate surface area is 86.5 Å². The van der Waals surface area contributed by atoms with Gasteiger partial charge in [0.25, 0.3) is 0 Å². The lowest BCUT2D eigenvalue weighted by atomic mass is 10.4. The van der Waals surface area contributed by atoms with Crippen LogP contribution in [0.3, 0.4) is 0 Å². The van der Waals surface area contributed by atoms with Crippen molar-refractivity contribution in [3.63, 3.8) is 0 Å². The van der Waals surface area contributed by atoms with E-state index in [1.165, 1.54) is 0 Å². The van der Waals surface area contributed by atoms with Crippen molar-refractivity contribution in [2.45, 2.75) is 13.8 Å². The van der Waals surface area contributed by atoms with Crippen molar-refractivity contribution < 1.29 is 0 Å². The summed E-state index contributed by atoms with van der Waals surface area (Å²) in [6.45, 7) is 3.76. The van der Waals surface area contributed by atoms with Gasteiger partial charge in [-0.05, 0) is 32.0 Å². The summed E-state index contributed by atoms with van der Waals surface area (Å²) in [6, 6.07) is 5.49. The lowest BCUT2D eigenvalue weighted by Crippen LogP contribution is -2.01. The van der Waals surface area contributed by atoms with Gasteiger partial charge in [0, 0.05) is 0 Å². The predicted octanol–water partition coefficient (Wildman–Crippen LogP) is 1.93. The molecule has 4 nitrogen and oxygen atoms in total. The molecule has 14 heavy (non-hydrogen) atoms. The fourth-order valence-electron chi connectivity index (χ4n) is 1.13. The van der Waals surface area contributed by atoms with Crippen LogP contribution >= 0.6 is 11.6 Å². The molecule has 0 spiro atoms. The summed E-state index contributed by atoms with van der Waals surface area (Å²) in [5.41, 5.74) is 1.73. The van der Waals surface area contributed by atoms with Crippen molar-refractivity contribution in [2.75, 3.05) is 0 Å². The van der Waals surface area contributed by atoms with Crippen LogP contribution in [0.2, 0.25) is 5.15 Å². The highest BCUT2D eigenvalue weighted by Gasteiger charge is 2.05. The van der Waals surface area contributed by atoms with Crippen LogP contribution in [0, 0.1) is 13.8 Å². The molecule has 0 saturated carbocycles. The van der Waals surface area contributed by atoms with Crippen molar-refractivity contribution in [1.29, 1.82) is 0 Å². The molecule has 0 amide bonds. The molecule has 0 aromatic carbocycles. The van der Waals surface area contributed by atoms with E-state index in [1.807, 2.05) is 26.0 Å². The molecule has 0 aliphatic rings. The molecule has 2 rings (SSSR count). The van der Waals surface area contributed by atoms with Crippen LogP contribution in [0.4, 0.5) is 0 Å².